The first kappa shape index (κ1) is 14.5. The van der Waals surface area contributed by atoms with Crippen molar-refractivity contribution in [3.63, 3.8) is 0 Å². The number of aromatic nitrogens is 3. The summed E-state index contributed by atoms with van der Waals surface area (Å²) >= 11 is 1.89. The summed E-state index contributed by atoms with van der Waals surface area (Å²) in [5.74, 6) is 1.17. The molecule has 0 aliphatic carbocycles. The van der Waals surface area contributed by atoms with E-state index in [1.807, 2.05) is 22.6 Å². The van der Waals surface area contributed by atoms with Gasteiger partial charge in [0.1, 0.15) is 0 Å². The van der Waals surface area contributed by atoms with Crippen LogP contribution in [-0.4, -0.2) is 33.5 Å². The van der Waals surface area contributed by atoms with E-state index in [1.54, 1.807) is 0 Å². The molecule has 0 radical (unpaired) electrons. The Labute approximate surface area is 109 Å². The van der Waals surface area contributed by atoms with Gasteiger partial charge >= 0.3 is 0 Å². The van der Waals surface area contributed by atoms with Gasteiger partial charge in [0.15, 0.2) is 0 Å². The Bertz CT molecular complexity index is 292. The number of hydrogen-bond donors (Lipinski definition) is 1. The Morgan fingerprint density at radius 1 is 1.41 bits per heavy atom. The van der Waals surface area contributed by atoms with Crippen LogP contribution in [0, 0.1) is 0 Å². The lowest BCUT2D eigenvalue weighted by Crippen LogP contribution is -2.25. The molecule has 0 aliphatic rings. The van der Waals surface area contributed by atoms with Gasteiger partial charge in [-0.3, -0.25) is 0 Å². The normalized spacial score (nSPS) is 12.9. The molecule has 17 heavy (non-hydrogen) atoms. The minimum absolute atomic E-state index is 0.393. The second-order valence-corrected chi connectivity index (χ2v) is 5.16. The molecule has 0 aliphatic heterocycles. The highest BCUT2D eigenvalue weighted by Crippen LogP contribution is 2.18. The first-order valence-corrected chi connectivity index (χ1v) is 7.83. The smallest absolute Gasteiger partial charge is 0.0756 e. The predicted octanol–water partition coefficient (Wildman–Crippen LogP) is 2.48. The van der Waals surface area contributed by atoms with Crippen LogP contribution >= 0.6 is 11.8 Å². The summed E-state index contributed by atoms with van der Waals surface area (Å²) in [6.45, 7) is 6.37. The van der Waals surface area contributed by atoms with E-state index in [0.717, 1.165) is 32.4 Å². The van der Waals surface area contributed by atoms with Gasteiger partial charge in [-0.1, -0.05) is 19.1 Å². The fourth-order valence-corrected chi connectivity index (χ4v) is 2.30. The summed E-state index contributed by atoms with van der Waals surface area (Å²) in [6, 6.07) is 0.393. The molecule has 1 aromatic heterocycles. The van der Waals surface area contributed by atoms with Gasteiger partial charge < -0.3 is 5.32 Å². The van der Waals surface area contributed by atoms with Gasteiger partial charge in [-0.25, -0.2) is 4.68 Å². The predicted molar refractivity (Wildman–Crippen MR) is 74.3 cm³/mol. The van der Waals surface area contributed by atoms with Gasteiger partial charge in [-0.05, 0) is 37.8 Å². The number of hydrogen-bond acceptors (Lipinski definition) is 4. The van der Waals surface area contributed by atoms with Crippen LogP contribution in [0.1, 0.15) is 44.8 Å². The monoisotopic (exact) mass is 256 g/mol. The van der Waals surface area contributed by atoms with Gasteiger partial charge in [-0.2, -0.15) is 11.8 Å². The van der Waals surface area contributed by atoms with Gasteiger partial charge in [0.25, 0.3) is 0 Å². The van der Waals surface area contributed by atoms with Gasteiger partial charge in [0, 0.05) is 6.54 Å². The minimum atomic E-state index is 0.393. The minimum Gasteiger partial charge on any atom is -0.309 e. The third-order valence-corrected chi connectivity index (χ3v) is 3.34. The maximum absolute atomic E-state index is 4.16. The van der Waals surface area contributed by atoms with Crippen molar-refractivity contribution in [2.75, 3.05) is 18.6 Å². The van der Waals surface area contributed by atoms with Crippen LogP contribution in [0.5, 0.6) is 0 Å². The van der Waals surface area contributed by atoms with E-state index in [2.05, 4.69) is 35.7 Å². The quantitative estimate of drug-likeness (QED) is 0.737. The average molecular weight is 256 g/mol. The largest absolute Gasteiger partial charge is 0.309 e. The topological polar surface area (TPSA) is 42.7 Å². The van der Waals surface area contributed by atoms with Crippen molar-refractivity contribution in [2.45, 2.75) is 45.7 Å². The summed E-state index contributed by atoms with van der Waals surface area (Å²) in [6.07, 6.45) is 7.45. The van der Waals surface area contributed by atoms with Crippen LogP contribution in [0.4, 0.5) is 0 Å². The van der Waals surface area contributed by atoms with Crippen molar-refractivity contribution in [1.82, 2.24) is 20.3 Å². The lowest BCUT2D eigenvalue weighted by Gasteiger charge is -2.18. The third kappa shape index (κ3) is 4.68. The van der Waals surface area contributed by atoms with Gasteiger partial charge in [0.2, 0.25) is 0 Å². The molecule has 1 N–H and O–H groups in total. The number of nitrogens with one attached hydrogen (secondary N) is 1. The second kappa shape index (κ2) is 8.53. The Morgan fingerprint density at radius 3 is 2.88 bits per heavy atom. The summed E-state index contributed by atoms with van der Waals surface area (Å²) in [4.78, 5) is 0. The Kier molecular flexibility index (Phi) is 7.28. The highest BCUT2D eigenvalue weighted by Gasteiger charge is 2.15. The first-order chi connectivity index (χ1) is 8.33. The molecule has 1 unspecified atom stereocenters. The molecule has 4 nitrogen and oxygen atoms in total. The highest BCUT2D eigenvalue weighted by molar-refractivity contribution is 7.98. The molecule has 0 saturated heterocycles. The fourth-order valence-electron chi connectivity index (χ4n) is 1.83. The molecule has 0 spiro atoms. The molecule has 98 valence electrons. The fraction of sp³-hybridized carbons (Fsp3) is 0.833. The number of nitrogens with zero attached hydrogens (tertiary/aromatic N) is 3. The molecule has 0 fully saturated rings. The molecule has 0 amide bonds. The van der Waals surface area contributed by atoms with Crippen LogP contribution in [0.15, 0.2) is 6.20 Å². The summed E-state index contributed by atoms with van der Waals surface area (Å²) in [5.41, 5.74) is 1.23. The van der Waals surface area contributed by atoms with Crippen molar-refractivity contribution >= 4 is 11.8 Å². The number of rotatable bonds is 9. The molecule has 5 heteroatoms. The summed E-state index contributed by atoms with van der Waals surface area (Å²) in [7, 11) is 0. The van der Waals surface area contributed by atoms with E-state index >= 15 is 0 Å². The Balaban J connectivity index is 2.68. The summed E-state index contributed by atoms with van der Waals surface area (Å²) in [5, 5.41) is 11.8. The second-order valence-electron chi connectivity index (χ2n) is 4.17. The van der Waals surface area contributed by atoms with Crippen LogP contribution < -0.4 is 5.32 Å². The van der Waals surface area contributed by atoms with E-state index < -0.39 is 0 Å². The van der Waals surface area contributed by atoms with Gasteiger partial charge in [0.05, 0.1) is 17.9 Å². The standard InChI is InChI=1S/C12H24N4S/c1-4-7-13-11(6-9-17-3)12-10-14-15-16(12)8-5-2/h10-11,13H,4-9H2,1-3H3. The van der Waals surface area contributed by atoms with Crippen molar-refractivity contribution in [3.8, 4) is 0 Å². The molecule has 0 aromatic carbocycles. The zero-order valence-electron chi connectivity index (χ0n) is 11.1. The maximum atomic E-state index is 4.16. The van der Waals surface area contributed by atoms with E-state index in [0.29, 0.717) is 6.04 Å². The molecular formula is C12H24N4S. The van der Waals surface area contributed by atoms with Crippen molar-refractivity contribution in [3.05, 3.63) is 11.9 Å². The van der Waals surface area contributed by atoms with Gasteiger partial charge in [-0.15, -0.1) is 5.10 Å². The molecule has 1 atom stereocenters. The van der Waals surface area contributed by atoms with Crippen molar-refractivity contribution < 1.29 is 0 Å². The van der Waals surface area contributed by atoms with Crippen LogP contribution in [-0.2, 0) is 6.54 Å². The average Bonchev–Trinajstić information content (AvgIpc) is 2.78. The van der Waals surface area contributed by atoms with Crippen molar-refractivity contribution in [1.29, 1.82) is 0 Å². The van der Waals surface area contributed by atoms with E-state index in [9.17, 15) is 0 Å². The van der Waals surface area contributed by atoms with Crippen molar-refractivity contribution in [2.24, 2.45) is 0 Å². The van der Waals surface area contributed by atoms with E-state index in [1.165, 1.54) is 11.4 Å². The Morgan fingerprint density at radius 2 is 2.24 bits per heavy atom. The maximum Gasteiger partial charge on any atom is 0.0756 e. The van der Waals surface area contributed by atoms with Crippen LogP contribution in [0.2, 0.25) is 0 Å². The summed E-state index contributed by atoms with van der Waals surface area (Å²) < 4.78 is 2.04. The highest BCUT2D eigenvalue weighted by atomic mass is 32.2. The zero-order valence-corrected chi connectivity index (χ0v) is 12.0. The molecular weight excluding hydrogens is 232 g/mol. The first-order valence-electron chi connectivity index (χ1n) is 6.44. The number of thioether (sulfide) groups is 1. The SMILES string of the molecule is CCCNC(CCSC)c1cnnn1CCC. The number of aryl methyl sites for hydroxylation is 1. The molecule has 1 heterocycles. The Hall–Kier alpha value is -0.550. The lowest BCUT2D eigenvalue weighted by molar-refractivity contribution is 0.460. The van der Waals surface area contributed by atoms with E-state index in [4.69, 9.17) is 0 Å². The molecule has 0 saturated carbocycles. The van der Waals surface area contributed by atoms with Crippen LogP contribution in [0.25, 0.3) is 0 Å². The zero-order chi connectivity index (χ0) is 12.5. The van der Waals surface area contributed by atoms with Crippen LogP contribution in [0.3, 0.4) is 0 Å². The van der Waals surface area contributed by atoms with E-state index in [-0.39, 0.29) is 0 Å². The third-order valence-electron chi connectivity index (χ3n) is 2.69. The lowest BCUT2D eigenvalue weighted by atomic mass is 10.1. The molecule has 1 aromatic rings. The molecule has 1 rings (SSSR count). The molecule has 0 bridgehead atoms.